The lowest BCUT2D eigenvalue weighted by molar-refractivity contribution is -0.119. The van der Waals surface area contributed by atoms with Crippen molar-refractivity contribution in [2.45, 2.75) is 12.3 Å². The quantitative estimate of drug-likeness (QED) is 0.943. The fraction of sp³-hybridized carbons (Fsp3) is 0.235. The van der Waals surface area contributed by atoms with Gasteiger partial charge in [0.2, 0.25) is 5.91 Å². The molecule has 0 spiro atoms. The van der Waals surface area contributed by atoms with Gasteiger partial charge in [0.1, 0.15) is 11.6 Å². The van der Waals surface area contributed by atoms with Crippen LogP contribution in [0.4, 0.5) is 4.39 Å². The molecule has 5 heteroatoms. The Labute approximate surface area is 127 Å². The van der Waals surface area contributed by atoms with Gasteiger partial charge in [0.15, 0.2) is 11.5 Å². The zero-order valence-electron chi connectivity index (χ0n) is 12.1. The number of hydrogen-bond donors (Lipinski definition) is 1. The first kappa shape index (κ1) is 14.4. The predicted octanol–water partition coefficient (Wildman–Crippen LogP) is 3.23. The molecule has 0 aliphatic carbocycles. The predicted molar refractivity (Wildman–Crippen MR) is 79.8 cm³/mol. The maximum absolute atomic E-state index is 13.0. The van der Waals surface area contributed by atoms with Gasteiger partial charge in [0.05, 0.1) is 7.11 Å². The van der Waals surface area contributed by atoms with Crippen LogP contribution in [-0.4, -0.2) is 19.6 Å². The molecule has 1 aliphatic heterocycles. The molecule has 1 saturated heterocycles. The molecule has 0 saturated carbocycles. The Balaban J connectivity index is 1.87. The van der Waals surface area contributed by atoms with E-state index in [9.17, 15) is 9.18 Å². The van der Waals surface area contributed by atoms with Crippen molar-refractivity contribution >= 4 is 5.91 Å². The van der Waals surface area contributed by atoms with Gasteiger partial charge in [-0.15, -0.1) is 0 Å². The lowest BCUT2D eigenvalue weighted by atomic mass is 9.98. The van der Waals surface area contributed by atoms with E-state index in [2.05, 4.69) is 5.32 Å². The molecule has 3 rings (SSSR count). The number of rotatable bonds is 4. The van der Waals surface area contributed by atoms with E-state index in [4.69, 9.17) is 9.47 Å². The highest BCUT2D eigenvalue weighted by molar-refractivity contribution is 5.79. The summed E-state index contributed by atoms with van der Waals surface area (Å²) in [5.74, 6) is 1.54. The molecule has 2 aromatic rings. The van der Waals surface area contributed by atoms with E-state index in [1.54, 1.807) is 19.2 Å². The van der Waals surface area contributed by atoms with Crippen LogP contribution in [0.5, 0.6) is 17.2 Å². The van der Waals surface area contributed by atoms with Crippen molar-refractivity contribution in [3.8, 4) is 17.2 Å². The molecule has 22 heavy (non-hydrogen) atoms. The van der Waals surface area contributed by atoms with E-state index in [-0.39, 0.29) is 17.6 Å². The fourth-order valence-corrected chi connectivity index (χ4v) is 2.50. The van der Waals surface area contributed by atoms with Crippen molar-refractivity contribution < 1.29 is 18.7 Å². The lowest BCUT2D eigenvalue weighted by Gasteiger charge is -2.14. The molecule has 1 amide bonds. The van der Waals surface area contributed by atoms with Crippen LogP contribution in [0.25, 0.3) is 0 Å². The molecule has 1 heterocycles. The summed E-state index contributed by atoms with van der Waals surface area (Å²) in [6.45, 7) is 0.626. The number of carbonyl (C=O) groups is 1. The summed E-state index contributed by atoms with van der Waals surface area (Å²) in [6, 6.07) is 11.4. The van der Waals surface area contributed by atoms with Crippen LogP contribution in [0.2, 0.25) is 0 Å². The molecule has 4 nitrogen and oxygen atoms in total. The van der Waals surface area contributed by atoms with Gasteiger partial charge in [0.25, 0.3) is 0 Å². The Bertz CT molecular complexity index is 685. The van der Waals surface area contributed by atoms with Crippen LogP contribution in [0.15, 0.2) is 42.5 Å². The van der Waals surface area contributed by atoms with Gasteiger partial charge in [-0.2, -0.15) is 0 Å². The van der Waals surface area contributed by atoms with Gasteiger partial charge in [-0.25, -0.2) is 4.39 Å². The molecule has 2 aromatic carbocycles. The number of benzene rings is 2. The van der Waals surface area contributed by atoms with Crippen LogP contribution in [0.1, 0.15) is 17.9 Å². The highest BCUT2D eigenvalue weighted by Crippen LogP contribution is 2.35. The number of nitrogens with one attached hydrogen (secondary N) is 1. The molecule has 0 bridgehead atoms. The van der Waals surface area contributed by atoms with Crippen molar-refractivity contribution in [1.82, 2.24) is 5.32 Å². The van der Waals surface area contributed by atoms with Crippen molar-refractivity contribution in [3.63, 3.8) is 0 Å². The smallest absolute Gasteiger partial charge is 0.220 e. The third-order valence-corrected chi connectivity index (χ3v) is 3.68. The molecular formula is C17H16FNO3. The topological polar surface area (TPSA) is 47.6 Å². The highest BCUT2D eigenvalue weighted by atomic mass is 19.1. The molecule has 1 atom stereocenters. The Hall–Kier alpha value is -2.56. The van der Waals surface area contributed by atoms with Crippen molar-refractivity contribution in [1.29, 1.82) is 0 Å². The first-order chi connectivity index (χ1) is 10.7. The largest absolute Gasteiger partial charge is 0.493 e. The maximum Gasteiger partial charge on any atom is 0.220 e. The SMILES string of the molecule is COc1ccc(C2CNC(=O)C2)cc1Oc1ccc(F)cc1. The first-order valence-corrected chi connectivity index (χ1v) is 7.04. The Morgan fingerprint density at radius 1 is 1.14 bits per heavy atom. The summed E-state index contributed by atoms with van der Waals surface area (Å²) in [5, 5.41) is 2.82. The second kappa shape index (κ2) is 6.05. The first-order valence-electron chi connectivity index (χ1n) is 7.04. The minimum absolute atomic E-state index is 0.0572. The molecule has 1 unspecified atom stereocenters. The summed E-state index contributed by atoms with van der Waals surface area (Å²) in [5.41, 5.74) is 1.01. The van der Waals surface area contributed by atoms with E-state index >= 15 is 0 Å². The molecule has 1 fully saturated rings. The summed E-state index contributed by atoms with van der Waals surface area (Å²) in [4.78, 5) is 11.4. The molecule has 1 aliphatic rings. The molecular weight excluding hydrogens is 285 g/mol. The zero-order valence-corrected chi connectivity index (χ0v) is 12.1. The Morgan fingerprint density at radius 3 is 2.55 bits per heavy atom. The average Bonchev–Trinajstić information content (AvgIpc) is 2.96. The van der Waals surface area contributed by atoms with Crippen LogP contribution >= 0.6 is 0 Å². The van der Waals surface area contributed by atoms with Crippen molar-refractivity contribution in [2.24, 2.45) is 0 Å². The summed E-state index contributed by atoms with van der Waals surface area (Å²) in [7, 11) is 1.56. The van der Waals surface area contributed by atoms with E-state index in [1.165, 1.54) is 12.1 Å². The average molecular weight is 301 g/mol. The number of halogens is 1. The number of methoxy groups -OCH3 is 1. The fourth-order valence-electron chi connectivity index (χ4n) is 2.50. The van der Waals surface area contributed by atoms with E-state index in [0.717, 1.165) is 5.56 Å². The van der Waals surface area contributed by atoms with E-state index in [1.807, 2.05) is 18.2 Å². The Morgan fingerprint density at radius 2 is 1.91 bits per heavy atom. The highest BCUT2D eigenvalue weighted by Gasteiger charge is 2.24. The Kier molecular flexibility index (Phi) is 3.96. The third-order valence-electron chi connectivity index (χ3n) is 3.68. The molecule has 0 aromatic heterocycles. The summed E-state index contributed by atoms with van der Waals surface area (Å²) >= 11 is 0. The number of amides is 1. The van der Waals surface area contributed by atoms with E-state index < -0.39 is 0 Å². The van der Waals surface area contributed by atoms with Crippen LogP contribution in [0, 0.1) is 5.82 Å². The van der Waals surface area contributed by atoms with Gasteiger partial charge >= 0.3 is 0 Å². The van der Waals surface area contributed by atoms with Crippen molar-refractivity contribution in [3.05, 3.63) is 53.8 Å². The van der Waals surface area contributed by atoms with Gasteiger partial charge in [0, 0.05) is 18.9 Å². The molecule has 0 radical (unpaired) electrons. The minimum atomic E-state index is -0.316. The molecule has 114 valence electrons. The standard InChI is InChI=1S/C17H16FNO3/c1-21-15-7-2-11(12-9-17(20)19-10-12)8-16(15)22-14-5-3-13(18)4-6-14/h2-8,12H,9-10H2,1H3,(H,19,20). The van der Waals surface area contributed by atoms with Crippen LogP contribution < -0.4 is 14.8 Å². The lowest BCUT2D eigenvalue weighted by Crippen LogP contribution is -2.13. The van der Waals surface area contributed by atoms with Gasteiger partial charge in [-0.3, -0.25) is 4.79 Å². The summed E-state index contributed by atoms with van der Waals surface area (Å²) < 4.78 is 24.0. The number of carbonyl (C=O) groups excluding carboxylic acids is 1. The van der Waals surface area contributed by atoms with Gasteiger partial charge in [-0.05, 0) is 42.0 Å². The van der Waals surface area contributed by atoms with Crippen LogP contribution in [-0.2, 0) is 4.79 Å². The van der Waals surface area contributed by atoms with E-state index in [0.29, 0.717) is 30.2 Å². The summed E-state index contributed by atoms with van der Waals surface area (Å²) in [6.07, 6.45) is 0.475. The molecule has 1 N–H and O–H groups in total. The number of ether oxygens (including phenoxy) is 2. The van der Waals surface area contributed by atoms with Crippen LogP contribution in [0.3, 0.4) is 0 Å². The van der Waals surface area contributed by atoms with Gasteiger partial charge < -0.3 is 14.8 Å². The zero-order chi connectivity index (χ0) is 15.5. The van der Waals surface area contributed by atoms with Crippen molar-refractivity contribution in [2.75, 3.05) is 13.7 Å². The van der Waals surface area contributed by atoms with Gasteiger partial charge in [-0.1, -0.05) is 6.07 Å². The monoisotopic (exact) mass is 301 g/mol. The minimum Gasteiger partial charge on any atom is -0.493 e. The second-order valence-corrected chi connectivity index (χ2v) is 5.17. The normalized spacial score (nSPS) is 17.2. The third kappa shape index (κ3) is 3.03. The second-order valence-electron chi connectivity index (χ2n) is 5.17. The maximum atomic E-state index is 13.0. The number of hydrogen-bond acceptors (Lipinski definition) is 3.